The van der Waals surface area contributed by atoms with Gasteiger partial charge in [0, 0.05) is 12.8 Å². The summed E-state index contributed by atoms with van der Waals surface area (Å²) < 4.78 is 16.2. The molecule has 2 bridgehead atoms. The van der Waals surface area contributed by atoms with Gasteiger partial charge in [-0.25, -0.2) is 9.59 Å². The number of esters is 1. The lowest BCUT2D eigenvalue weighted by molar-refractivity contribution is -0.159. The van der Waals surface area contributed by atoms with E-state index in [9.17, 15) is 9.59 Å². The van der Waals surface area contributed by atoms with Crippen LogP contribution in [0, 0.1) is 0 Å². The number of hydrogen-bond acceptors (Lipinski definition) is 5. The van der Waals surface area contributed by atoms with E-state index in [0.29, 0.717) is 12.8 Å². The normalized spacial score (nSPS) is 31.6. The monoisotopic (exact) mass is 299 g/mol. The van der Waals surface area contributed by atoms with Crippen LogP contribution < -0.4 is 5.32 Å². The molecular weight excluding hydrogens is 274 g/mol. The van der Waals surface area contributed by atoms with Crippen molar-refractivity contribution in [2.45, 2.75) is 76.7 Å². The Labute approximate surface area is 125 Å². The molecule has 1 N–H and O–H groups in total. The summed E-state index contributed by atoms with van der Waals surface area (Å²) >= 11 is 0. The van der Waals surface area contributed by atoms with Crippen molar-refractivity contribution in [3.63, 3.8) is 0 Å². The summed E-state index contributed by atoms with van der Waals surface area (Å²) in [6.07, 6.45) is 2.15. The predicted molar refractivity (Wildman–Crippen MR) is 75.9 cm³/mol. The van der Waals surface area contributed by atoms with Crippen LogP contribution in [0.25, 0.3) is 0 Å². The van der Waals surface area contributed by atoms with Gasteiger partial charge < -0.3 is 19.5 Å². The number of nitrogens with one attached hydrogen (secondary N) is 1. The summed E-state index contributed by atoms with van der Waals surface area (Å²) in [5.41, 5.74) is -1.63. The number of ether oxygens (including phenoxy) is 3. The molecule has 21 heavy (non-hydrogen) atoms. The maximum Gasteiger partial charge on any atom is 0.408 e. The number of hydrogen-bond donors (Lipinski definition) is 1. The molecule has 0 aromatic carbocycles. The minimum atomic E-state index is -1.03. The van der Waals surface area contributed by atoms with E-state index in [1.165, 1.54) is 0 Å². The predicted octanol–water partition coefficient (Wildman–Crippen LogP) is 2.15. The number of carbonyl (C=O) groups excluding carboxylic acids is 2. The Hall–Kier alpha value is -1.30. The first kappa shape index (κ1) is 16.1. The lowest BCUT2D eigenvalue weighted by Gasteiger charge is -2.39. The summed E-state index contributed by atoms with van der Waals surface area (Å²) in [6, 6.07) is 0. The van der Waals surface area contributed by atoms with Crippen molar-refractivity contribution in [2.75, 3.05) is 6.61 Å². The maximum atomic E-state index is 12.4. The number of rotatable bonds is 3. The summed E-state index contributed by atoms with van der Waals surface area (Å²) in [4.78, 5) is 24.5. The summed E-state index contributed by atoms with van der Waals surface area (Å²) in [5, 5.41) is 2.76. The van der Waals surface area contributed by atoms with Crippen molar-refractivity contribution in [1.82, 2.24) is 5.32 Å². The Morgan fingerprint density at radius 1 is 1.24 bits per heavy atom. The second-order valence-corrected chi connectivity index (χ2v) is 6.80. The molecular formula is C15H25NO5. The topological polar surface area (TPSA) is 73.9 Å². The van der Waals surface area contributed by atoms with E-state index in [-0.39, 0.29) is 18.8 Å². The Kier molecular flexibility index (Phi) is 4.46. The fourth-order valence-corrected chi connectivity index (χ4v) is 3.03. The van der Waals surface area contributed by atoms with Crippen LogP contribution >= 0.6 is 0 Å². The van der Waals surface area contributed by atoms with Crippen molar-refractivity contribution in [2.24, 2.45) is 0 Å². The molecule has 0 saturated carbocycles. The van der Waals surface area contributed by atoms with Crippen molar-refractivity contribution in [3.05, 3.63) is 0 Å². The lowest BCUT2D eigenvalue weighted by Crippen LogP contribution is -2.60. The van der Waals surface area contributed by atoms with E-state index in [0.717, 1.165) is 12.8 Å². The molecule has 2 atom stereocenters. The molecule has 2 fully saturated rings. The van der Waals surface area contributed by atoms with Crippen molar-refractivity contribution >= 4 is 12.1 Å². The fourth-order valence-electron chi connectivity index (χ4n) is 3.03. The molecule has 2 unspecified atom stereocenters. The molecule has 120 valence electrons. The number of carbonyl (C=O) groups is 2. The van der Waals surface area contributed by atoms with E-state index in [4.69, 9.17) is 14.2 Å². The Bertz CT molecular complexity index is 403. The van der Waals surface area contributed by atoms with Crippen molar-refractivity contribution < 1.29 is 23.8 Å². The van der Waals surface area contributed by atoms with E-state index < -0.39 is 23.2 Å². The maximum absolute atomic E-state index is 12.4. The van der Waals surface area contributed by atoms with Gasteiger partial charge in [-0.15, -0.1) is 0 Å². The van der Waals surface area contributed by atoms with Gasteiger partial charge in [-0.3, -0.25) is 0 Å². The second kappa shape index (κ2) is 5.83. The molecule has 2 rings (SSSR count). The fraction of sp³-hybridized carbons (Fsp3) is 0.867. The molecule has 2 aliphatic heterocycles. The first-order valence-electron chi connectivity index (χ1n) is 7.58. The third-order valence-electron chi connectivity index (χ3n) is 3.75. The molecule has 0 aromatic rings. The summed E-state index contributed by atoms with van der Waals surface area (Å²) in [6.45, 7) is 7.41. The van der Waals surface area contributed by atoms with Gasteiger partial charge in [0.2, 0.25) is 0 Å². The highest BCUT2D eigenvalue weighted by atomic mass is 16.6. The van der Waals surface area contributed by atoms with Crippen LogP contribution in [0.4, 0.5) is 4.79 Å². The molecule has 2 aliphatic rings. The number of amides is 1. The molecule has 6 nitrogen and oxygen atoms in total. The molecule has 0 aromatic heterocycles. The number of alkyl carbamates (subject to hydrolysis) is 1. The van der Waals surface area contributed by atoms with E-state index in [2.05, 4.69) is 5.32 Å². The van der Waals surface area contributed by atoms with Gasteiger partial charge in [-0.2, -0.15) is 0 Å². The molecule has 0 radical (unpaired) electrons. The minimum absolute atomic E-state index is 0.00286. The van der Waals surface area contributed by atoms with Gasteiger partial charge in [0.25, 0.3) is 0 Å². The molecule has 6 heteroatoms. The van der Waals surface area contributed by atoms with Gasteiger partial charge >= 0.3 is 12.1 Å². The van der Waals surface area contributed by atoms with Gasteiger partial charge in [0.05, 0.1) is 18.8 Å². The third kappa shape index (κ3) is 3.87. The van der Waals surface area contributed by atoms with E-state index >= 15 is 0 Å². The largest absolute Gasteiger partial charge is 0.464 e. The molecule has 0 aliphatic carbocycles. The van der Waals surface area contributed by atoms with Gasteiger partial charge in [0.15, 0.2) is 0 Å². The van der Waals surface area contributed by atoms with Crippen molar-refractivity contribution in [1.29, 1.82) is 0 Å². The second-order valence-electron chi connectivity index (χ2n) is 6.80. The van der Waals surface area contributed by atoms with Crippen LogP contribution in [0.3, 0.4) is 0 Å². The quantitative estimate of drug-likeness (QED) is 0.808. The Balaban J connectivity index is 2.13. The minimum Gasteiger partial charge on any atom is -0.464 e. The van der Waals surface area contributed by atoms with Gasteiger partial charge in [0.1, 0.15) is 11.1 Å². The van der Waals surface area contributed by atoms with Crippen LogP contribution in [-0.4, -0.2) is 42.0 Å². The first-order chi connectivity index (χ1) is 9.74. The highest BCUT2D eigenvalue weighted by Gasteiger charge is 2.52. The SMILES string of the molecule is CCOC(=O)C1(NC(=O)OC(C)(C)C)CC2CCC(C1)O2. The van der Waals surface area contributed by atoms with E-state index in [1.54, 1.807) is 27.7 Å². The van der Waals surface area contributed by atoms with Crippen LogP contribution in [0.2, 0.25) is 0 Å². The molecule has 0 spiro atoms. The first-order valence-corrected chi connectivity index (χ1v) is 7.58. The summed E-state index contributed by atoms with van der Waals surface area (Å²) in [7, 11) is 0. The lowest BCUT2D eigenvalue weighted by atomic mass is 9.86. The molecule has 2 saturated heterocycles. The molecule has 1 amide bonds. The molecule has 2 heterocycles. The van der Waals surface area contributed by atoms with Crippen LogP contribution in [0.15, 0.2) is 0 Å². The smallest absolute Gasteiger partial charge is 0.408 e. The Morgan fingerprint density at radius 3 is 2.29 bits per heavy atom. The van der Waals surface area contributed by atoms with Crippen LogP contribution in [0.1, 0.15) is 53.4 Å². The highest BCUT2D eigenvalue weighted by molar-refractivity contribution is 5.86. The summed E-state index contributed by atoms with van der Waals surface area (Å²) in [5.74, 6) is -0.393. The van der Waals surface area contributed by atoms with Crippen molar-refractivity contribution in [3.8, 4) is 0 Å². The van der Waals surface area contributed by atoms with Gasteiger partial charge in [-0.05, 0) is 40.5 Å². The van der Waals surface area contributed by atoms with Gasteiger partial charge in [-0.1, -0.05) is 0 Å². The number of fused-ring (bicyclic) bond motifs is 2. The standard InChI is InChI=1S/C15H25NO5/c1-5-19-12(17)15(16-13(18)21-14(2,3)4)8-10-6-7-11(9-15)20-10/h10-11H,5-9H2,1-4H3,(H,16,18). The third-order valence-corrected chi connectivity index (χ3v) is 3.75. The van der Waals surface area contributed by atoms with Crippen LogP contribution in [0.5, 0.6) is 0 Å². The zero-order valence-corrected chi connectivity index (χ0v) is 13.2. The van der Waals surface area contributed by atoms with E-state index in [1.807, 2.05) is 0 Å². The zero-order chi connectivity index (χ0) is 15.7. The highest BCUT2D eigenvalue weighted by Crippen LogP contribution is 2.39. The average molecular weight is 299 g/mol. The van der Waals surface area contributed by atoms with Crippen LogP contribution in [-0.2, 0) is 19.0 Å². The average Bonchev–Trinajstić information content (AvgIpc) is 2.66. The zero-order valence-electron chi connectivity index (χ0n) is 13.2. The Morgan fingerprint density at radius 2 is 1.81 bits per heavy atom.